The molecule has 1 aliphatic heterocycles. The highest BCUT2D eigenvalue weighted by atomic mass is 35.5. The largest absolute Gasteiger partial charge is 0.495 e. The van der Waals surface area contributed by atoms with Gasteiger partial charge < -0.3 is 20.7 Å². The van der Waals surface area contributed by atoms with Gasteiger partial charge in [-0.25, -0.2) is 19.0 Å². The molecule has 2 fully saturated rings. The average Bonchev–Trinajstić information content (AvgIpc) is 3.38. The molecule has 3 heterocycles. The van der Waals surface area contributed by atoms with E-state index in [1.807, 2.05) is 18.2 Å². The third-order valence-electron chi connectivity index (χ3n) is 8.58. The fraction of sp³-hybridized carbons (Fsp3) is 0.433. The maximum absolute atomic E-state index is 14.3. The van der Waals surface area contributed by atoms with Crippen LogP contribution in [0.2, 0.25) is 5.02 Å². The number of nitrogen functional groups attached to an aromatic ring is 1. The second-order valence-electron chi connectivity index (χ2n) is 11.0. The van der Waals surface area contributed by atoms with E-state index in [9.17, 15) is 4.39 Å². The van der Waals surface area contributed by atoms with Crippen molar-refractivity contribution >= 4 is 34.1 Å². The molecule has 0 amide bonds. The van der Waals surface area contributed by atoms with Crippen molar-refractivity contribution in [1.29, 1.82) is 0 Å². The first kappa shape index (κ1) is 27.7. The molecule has 6 rings (SSSR count). The number of anilines is 2. The number of aromatic nitrogens is 4. The molecular formula is C30H36ClFN8O. The van der Waals surface area contributed by atoms with E-state index >= 15 is 0 Å². The van der Waals surface area contributed by atoms with Crippen LogP contribution in [0, 0.1) is 5.82 Å². The van der Waals surface area contributed by atoms with Gasteiger partial charge in [0.2, 0.25) is 0 Å². The standard InChI is InChI=1S/C30H36ClFN8O/c1-38-12-14-39(15-13-38)20-7-9-21(10-8-20)40-30-27(29(33)35-18-36-30)28(37-40)19-6-11-25(26(16-19)41-2)34-17-22-23(31)4-3-5-24(22)32/h3-6,11,16,18,20-21,34H,7-10,12-15,17H2,1-2H3,(H2,33,35,36)/t20-,21-. The molecule has 1 aliphatic carbocycles. The number of methoxy groups -OCH3 is 1. The van der Waals surface area contributed by atoms with E-state index in [2.05, 4.69) is 36.8 Å². The number of hydrogen-bond acceptors (Lipinski definition) is 8. The van der Waals surface area contributed by atoms with Gasteiger partial charge in [0.1, 0.15) is 29.4 Å². The van der Waals surface area contributed by atoms with E-state index < -0.39 is 0 Å². The Hall–Kier alpha value is -3.47. The number of ether oxygens (including phenoxy) is 1. The zero-order valence-corrected chi connectivity index (χ0v) is 24.2. The van der Waals surface area contributed by atoms with E-state index in [1.165, 1.54) is 12.4 Å². The maximum atomic E-state index is 14.3. The second-order valence-corrected chi connectivity index (χ2v) is 11.4. The summed E-state index contributed by atoms with van der Waals surface area (Å²) in [5, 5.41) is 9.45. The van der Waals surface area contributed by atoms with Crippen molar-refractivity contribution in [2.24, 2.45) is 0 Å². The third kappa shape index (κ3) is 5.56. The van der Waals surface area contributed by atoms with Crippen molar-refractivity contribution in [2.75, 3.05) is 51.4 Å². The first-order valence-corrected chi connectivity index (χ1v) is 14.6. The second kappa shape index (κ2) is 11.8. The predicted molar refractivity (Wildman–Crippen MR) is 161 cm³/mol. The lowest BCUT2D eigenvalue weighted by atomic mass is 9.90. The summed E-state index contributed by atoms with van der Waals surface area (Å²) in [4.78, 5) is 14.0. The van der Waals surface area contributed by atoms with Crippen LogP contribution in [0.1, 0.15) is 37.3 Å². The van der Waals surface area contributed by atoms with Crippen molar-refractivity contribution in [1.82, 2.24) is 29.5 Å². The molecule has 0 bridgehead atoms. The molecule has 2 aromatic carbocycles. The minimum absolute atomic E-state index is 0.219. The molecule has 4 aromatic rings. The molecular weight excluding hydrogens is 543 g/mol. The Kier molecular flexibility index (Phi) is 7.96. The van der Waals surface area contributed by atoms with Crippen LogP contribution < -0.4 is 15.8 Å². The summed E-state index contributed by atoms with van der Waals surface area (Å²) in [5.41, 5.74) is 9.84. The lowest BCUT2D eigenvalue weighted by Gasteiger charge is -2.41. The van der Waals surface area contributed by atoms with Crippen LogP contribution in [0.15, 0.2) is 42.7 Å². The summed E-state index contributed by atoms with van der Waals surface area (Å²) in [6.45, 7) is 4.78. The monoisotopic (exact) mass is 578 g/mol. The molecule has 0 atom stereocenters. The number of nitrogens with two attached hydrogens (primary N) is 1. The van der Waals surface area contributed by atoms with Gasteiger partial charge in [-0.2, -0.15) is 5.10 Å². The van der Waals surface area contributed by atoms with Crippen LogP contribution >= 0.6 is 11.6 Å². The fourth-order valence-corrected chi connectivity index (χ4v) is 6.41. The topological polar surface area (TPSA) is 97.4 Å². The van der Waals surface area contributed by atoms with Gasteiger partial charge in [0.25, 0.3) is 0 Å². The molecule has 11 heteroatoms. The third-order valence-corrected chi connectivity index (χ3v) is 8.93. The van der Waals surface area contributed by atoms with E-state index in [1.54, 1.807) is 19.2 Å². The van der Waals surface area contributed by atoms with E-state index in [-0.39, 0.29) is 18.4 Å². The Labute approximate surface area is 244 Å². The smallest absolute Gasteiger partial charge is 0.164 e. The number of halogens is 2. The first-order chi connectivity index (χ1) is 19.9. The summed E-state index contributed by atoms with van der Waals surface area (Å²) < 4.78 is 22.1. The van der Waals surface area contributed by atoms with Crippen LogP contribution in [0.4, 0.5) is 15.9 Å². The number of fused-ring (bicyclic) bond motifs is 1. The highest BCUT2D eigenvalue weighted by Gasteiger charge is 2.30. The summed E-state index contributed by atoms with van der Waals surface area (Å²) >= 11 is 6.21. The fourth-order valence-electron chi connectivity index (χ4n) is 6.18. The van der Waals surface area contributed by atoms with Crippen LogP contribution in [0.5, 0.6) is 5.75 Å². The van der Waals surface area contributed by atoms with Crippen molar-refractivity contribution in [3.05, 3.63) is 59.1 Å². The van der Waals surface area contributed by atoms with Gasteiger partial charge >= 0.3 is 0 Å². The van der Waals surface area contributed by atoms with E-state index in [0.717, 1.165) is 74.2 Å². The Morgan fingerprint density at radius 1 is 1.05 bits per heavy atom. The summed E-state index contributed by atoms with van der Waals surface area (Å²) in [7, 11) is 3.80. The Morgan fingerprint density at radius 3 is 2.54 bits per heavy atom. The number of hydrogen-bond donors (Lipinski definition) is 2. The van der Waals surface area contributed by atoms with Gasteiger partial charge in [0, 0.05) is 54.9 Å². The number of likely N-dealkylation sites (N-methyl/N-ethyl adjacent to an activating group) is 1. The molecule has 2 aromatic heterocycles. The van der Waals surface area contributed by atoms with Gasteiger partial charge in [-0.15, -0.1) is 0 Å². The zero-order chi connectivity index (χ0) is 28.5. The van der Waals surface area contributed by atoms with Crippen LogP contribution in [0.3, 0.4) is 0 Å². The van der Waals surface area contributed by atoms with Gasteiger partial charge in [-0.05, 0) is 57.0 Å². The molecule has 1 saturated heterocycles. The summed E-state index contributed by atoms with van der Waals surface area (Å²) in [6, 6.07) is 11.3. The van der Waals surface area contributed by atoms with Crippen molar-refractivity contribution < 1.29 is 9.13 Å². The molecule has 1 saturated carbocycles. The predicted octanol–water partition coefficient (Wildman–Crippen LogP) is 5.22. The zero-order valence-electron chi connectivity index (χ0n) is 23.5. The SMILES string of the molecule is COc1cc(-c2nn([C@H]3CC[C@H](N4CCN(C)CC4)CC3)c3ncnc(N)c23)ccc1NCc1c(F)cccc1Cl. The summed E-state index contributed by atoms with van der Waals surface area (Å²) in [5.74, 6) is 0.643. The van der Waals surface area contributed by atoms with Gasteiger partial charge in [-0.3, -0.25) is 4.90 Å². The van der Waals surface area contributed by atoms with Crippen LogP contribution in [-0.2, 0) is 6.54 Å². The van der Waals surface area contributed by atoms with E-state index in [0.29, 0.717) is 33.9 Å². The number of benzene rings is 2. The number of nitrogens with zero attached hydrogens (tertiary/aromatic N) is 6. The van der Waals surface area contributed by atoms with Crippen molar-refractivity contribution in [3.63, 3.8) is 0 Å². The molecule has 3 N–H and O–H groups in total. The van der Waals surface area contributed by atoms with Gasteiger partial charge in [-0.1, -0.05) is 23.7 Å². The van der Waals surface area contributed by atoms with Crippen LogP contribution in [-0.4, -0.2) is 75.9 Å². The Balaban J connectivity index is 1.25. The number of piperazine rings is 1. The van der Waals surface area contributed by atoms with Crippen molar-refractivity contribution in [3.8, 4) is 17.0 Å². The molecule has 216 valence electrons. The maximum Gasteiger partial charge on any atom is 0.164 e. The van der Waals surface area contributed by atoms with Crippen molar-refractivity contribution in [2.45, 2.75) is 44.3 Å². The minimum atomic E-state index is -0.356. The lowest BCUT2D eigenvalue weighted by molar-refractivity contribution is 0.0815. The molecule has 0 radical (unpaired) electrons. The molecule has 2 aliphatic rings. The first-order valence-electron chi connectivity index (χ1n) is 14.2. The highest BCUT2D eigenvalue weighted by Crippen LogP contribution is 2.39. The minimum Gasteiger partial charge on any atom is -0.495 e. The van der Waals surface area contributed by atoms with Gasteiger partial charge in [0.15, 0.2) is 5.65 Å². The quantitative estimate of drug-likeness (QED) is 0.308. The van der Waals surface area contributed by atoms with E-state index in [4.69, 9.17) is 27.2 Å². The van der Waals surface area contributed by atoms with Crippen LogP contribution in [0.25, 0.3) is 22.3 Å². The highest BCUT2D eigenvalue weighted by molar-refractivity contribution is 6.31. The number of nitrogens with one attached hydrogen (secondary N) is 1. The summed E-state index contributed by atoms with van der Waals surface area (Å²) in [6.07, 6.45) is 5.89. The molecule has 0 spiro atoms. The average molecular weight is 579 g/mol. The Bertz CT molecular complexity index is 1510. The Morgan fingerprint density at radius 2 is 1.80 bits per heavy atom. The molecule has 9 nitrogen and oxygen atoms in total. The normalized spacial score (nSPS) is 20.4. The molecule has 0 unspecified atom stereocenters. The molecule has 41 heavy (non-hydrogen) atoms. The lowest BCUT2D eigenvalue weighted by Crippen LogP contribution is -2.49. The van der Waals surface area contributed by atoms with Gasteiger partial charge in [0.05, 0.1) is 24.2 Å². The number of rotatable bonds is 7.